The number of hydrogen-bond donors (Lipinski definition) is 1. The Labute approximate surface area is 160 Å². The third kappa shape index (κ3) is 3.82. The highest BCUT2D eigenvalue weighted by molar-refractivity contribution is 7.89. The first-order valence-electron chi connectivity index (χ1n) is 9.60. The van der Waals surface area contributed by atoms with Crippen molar-refractivity contribution in [3.05, 3.63) is 53.1 Å². The molecular weight excluding hydrogens is 362 g/mol. The van der Waals surface area contributed by atoms with Crippen LogP contribution in [0.2, 0.25) is 0 Å². The maximum absolute atomic E-state index is 12.9. The van der Waals surface area contributed by atoms with Gasteiger partial charge >= 0.3 is 0 Å². The molecule has 2 aromatic rings. The van der Waals surface area contributed by atoms with Gasteiger partial charge in [-0.3, -0.25) is 0 Å². The lowest BCUT2D eigenvalue weighted by Crippen LogP contribution is -2.28. The maximum Gasteiger partial charge on any atom is 0.241 e. The number of aryl methyl sites for hydroxylation is 2. The van der Waals surface area contributed by atoms with Crippen LogP contribution in [0.15, 0.2) is 41.3 Å². The SMILES string of the molecule is CC[C@@H](NS(=O)(=O)c1ccc2c(c1)OCCO2)c1ccc2c(c1)CCCC2. The van der Waals surface area contributed by atoms with Gasteiger partial charge in [-0.1, -0.05) is 25.1 Å². The molecule has 0 bridgehead atoms. The Balaban J connectivity index is 1.59. The van der Waals surface area contributed by atoms with Gasteiger partial charge in [0.05, 0.1) is 4.90 Å². The van der Waals surface area contributed by atoms with Crippen LogP contribution in [0, 0.1) is 0 Å². The molecule has 27 heavy (non-hydrogen) atoms. The van der Waals surface area contributed by atoms with Gasteiger partial charge in [0.15, 0.2) is 11.5 Å². The molecule has 0 radical (unpaired) electrons. The fraction of sp³-hybridized carbons (Fsp3) is 0.429. The van der Waals surface area contributed by atoms with E-state index < -0.39 is 10.0 Å². The summed E-state index contributed by atoms with van der Waals surface area (Å²) >= 11 is 0. The first-order valence-corrected chi connectivity index (χ1v) is 11.1. The summed E-state index contributed by atoms with van der Waals surface area (Å²) in [7, 11) is -3.66. The van der Waals surface area contributed by atoms with E-state index in [0.717, 1.165) is 18.4 Å². The van der Waals surface area contributed by atoms with Gasteiger partial charge < -0.3 is 9.47 Å². The van der Waals surface area contributed by atoms with E-state index in [1.807, 2.05) is 6.92 Å². The van der Waals surface area contributed by atoms with Gasteiger partial charge in [-0.2, -0.15) is 0 Å². The topological polar surface area (TPSA) is 64.6 Å². The Bertz CT molecular complexity index is 939. The lowest BCUT2D eigenvalue weighted by atomic mass is 9.89. The number of sulfonamides is 1. The van der Waals surface area contributed by atoms with Gasteiger partial charge in [0.1, 0.15) is 13.2 Å². The molecule has 2 aromatic carbocycles. The predicted octanol–water partition coefficient (Wildman–Crippen LogP) is 3.77. The summed E-state index contributed by atoms with van der Waals surface area (Å²) in [4.78, 5) is 0.197. The molecule has 6 heteroatoms. The molecule has 0 saturated carbocycles. The van der Waals surface area contributed by atoms with Gasteiger partial charge in [0.25, 0.3) is 0 Å². The largest absolute Gasteiger partial charge is 0.486 e. The third-order valence-corrected chi connectivity index (χ3v) is 6.77. The number of benzene rings is 2. The molecule has 5 nitrogen and oxygen atoms in total. The standard InChI is InChI=1S/C21H25NO4S/c1-2-19(17-8-7-15-5-3-4-6-16(15)13-17)22-27(23,24)18-9-10-20-21(14-18)26-12-11-25-20/h7-10,13-14,19,22H,2-6,11-12H2,1H3/t19-/m1/s1. The quantitative estimate of drug-likeness (QED) is 0.848. The predicted molar refractivity (Wildman–Crippen MR) is 104 cm³/mol. The second kappa shape index (κ2) is 7.52. The molecule has 1 heterocycles. The van der Waals surface area contributed by atoms with Crippen molar-refractivity contribution >= 4 is 10.0 Å². The van der Waals surface area contributed by atoms with Crippen LogP contribution in [0.4, 0.5) is 0 Å². The first-order chi connectivity index (χ1) is 13.1. The lowest BCUT2D eigenvalue weighted by Gasteiger charge is -2.22. The second-order valence-corrected chi connectivity index (χ2v) is 8.84. The monoisotopic (exact) mass is 387 g/mol. The molecule has 4 rings (SSSR count). The molecule has 0 spiro atoms. The highest BCUT2D eigenvalue weighted by atomic mass is 32.2. The van der Waals surface area contributed by atoms with Crippen molar-refractivity contribution in [2.24, 2.45) is 0 Å². The summed E-state index contributed by atoms with van der Waals surface area (Å²) in [5, 5.41) is 0. The summed E-state index contributed by atoms with van der Waals surface area (Å²) in [6.07, 6.45) is 5.32. The molecule has 144 valence electrons. The summed E-state index contributed by atoms with van der Waals surface area (Å²) in [6.45, 7) is 2.90. The molecule has 1 N–H and O–H groups in total. The van der Waals surface area contributed by atoms with Crippen LogP contribution in [0.25, 0.3) is 0 Å². The van der Waals surface area contributed by atoms with Crippen LogP contribution < -0.4 is 14.2 Å². The van der Waals surface area contributed by atoms with Gasteiger partial charge in [-0.25, -0.2) is 13.1 Å². The van der Waals surface area contributed by atoms with E-state index in [-0.39, 0.29) is 10.9 Å². The molecule has 1 aliphatic carbocycles. The first kappa shape index (κ1) is 18.3. The van der Waals surface area contributed by atoms with Crippen LogP contribution in [0.1, 0.15) is 48.9 Å². The van der Waals surface area contributed by atoms with Crippen molar-refractivity contribution < 1.29 is 17.9 Å². The average Bonchev–Trinajstić information content (AvgIpc) is 2.71. The van der Waals surface area contributed by atoms with Gasteiger partial charge in [0, 0.05) is 12.1 Å². The summed E-state index contributed by atoms with van der Waals surface area (Å²) in [5.41, 5.74) is 3.78. The van der Waals surface area contributed by atoms with Gasteiger partial charge in [0.2, 0.25) is 10.0 Å². The number of nitrogens with one attached hydrogen (secondary N) is 1. The Hall–Kier alpha value is -2.05. The number of fused-ring (bicyclic) bond motifs is 2. The molecule has 0 aromatic heterocycles. The number of hydrogen-bond acceptors (Lipinski definition) is 4. The van der Waals surface area contributed by atoms with Crippen LogP contribution in [-0.4, -0.2) is 21.6 Å². The van der Waals surface area contributed by atoms with E-state index >= 15 is 0 Å². The fourth-order valence-electron chi connectivity index (χ4n) is 3.80. The zero-order valence-electron chi connectivity index (χ0n) is 15.5. The second-order valence-electron chi connectivity index (χ2n) is 7.12. The van der Waals surface area contributed by atoms with E-state index in [0.29, 0.717) is 31.1 Å². The molecule has 0 fully saturated rings. The number of rotatable bonds is 5. The molecule has 1 atom stereocenters. The Morgan fingerprint density at radius 3 is 2.48 bits per heavy atom. The van der Waals surface area contributed by atoms with E-state index in [1.165, 1.54) is 30.0 Å². The Morgan fingerprint density at radius 1 is 0.963 bits per heavy atom. The highest BCUT2D eigenvalue weighted by Gasteiger charge is 2.23. The van der Waals surface area contributed by atoms with E-state index in [4.69, 9.17) is 9.47 Å². The molecule has 2 aliphatic rings. The molecule has 1 aliphatic heterocycles. The highest BCUT2D eigenvalue weighted by Crippen LogP contribution is 2.33. The normalized spacial score (nSPS) is 17.2. The lowest BCUT2D eigenvalue weighted by molar-refractivity contribution is 0.171. The van der Waals surface area contributed by atoms with Gasteiger partial charge in [-0.05, 0) is 60.9 Å². The van der Waals surface area contributed by atoms with Crippen LogP contribution in [0.3, 0.4) is 0 Å². The molecule has 0 amide bonds. The van der Waals surface area contributed by atoms with Crippen molar-refractivity contribution in [1.82, 2.24) is 4.72 Å². The fourth-order valence-corrected chi connectivity index (χ4v) is 5.13. The van der Waals surface area contributed by atoms with Crippen molar-refractivity contribution in [1.29, 1.82) is 0 Å². The van der Waals surface area contributed by atoms with Crippen LogP contribution in [0.5, 0.6) is 11.5 Å². The van der Waals surface area contributed by atoms with Gasteiger partial charge in [-0.15, -0.1) is 0 Å². The minimum Gasteiger partial charge on any atom is -0.486 e. The number of ether oxygens (including phenoxy) is 2. The maximum atomic E-state index is 12.9. The Morgan fingerprint density at radius 2 is 1.70 bits per heavy atom. The smallest absolute Gasteiger partial charge is 0.241 e. The minimum atomic E-state index is -3.66. The van der Waals surface area contributed by atoms with Crippen molar-refractivity contribution in [2.75, 3.05) is 13.2 Å². The van der Waals surface area contributed by atoms with Crippen LogP contribution >= 0.6 is 0 Å². The van der Waals surface area contributed by atoms with Crippen LogP contribution in [-0.2, 0) is 22.9 Å². The Kier molecular flexibility index (Phi) is 5.10. The summed E-state index contributed by atoms with van der Waals surface area (Å²) < 4.78 is 39.7. The zero-order valence-corrected chi connectivity index (χ0v) is 16.3. The zero-order chi connectivity index (χ0) is 18.9. The minimum absolute atomic E-state index is 0.197. The molecular formula is C21H25NO4S. The van der Waals surface area contributed by atoms with Crippen molar-refractivity contribution in [3.63, 3.8) is 0 Å². The van der Waals surface area contributed by atoms with E-state index in [9.17, 15) is 8.42 Å². The molecule has 0 unspecified atom stereocenters. The van der Waals surface area contributed by atoms with Crippen molar-refractivity contribution in [3.8, 4) is 11.5 Å². The summed E-state index contributed by atoms with van der Waals surface area (Å²) in [5.74, 6) is 1.06. The third-order valence-electron chi connectivity index (χ3n) is 5.30. The average molecular weight is 388 g/mol. The summed E-state index contributed by atoms with van der Waals surface area (Å²) in [6, 6.07) is 10.9. The van der Waals surface area contributed by atoms with Crippen molar-refractivity contribution in [2.45, 2.75) is 50.0 Å². The van der Waals surface area contributed by atoms with E-state index in [1.54, 1.807) is 12.1 Å². The molecule has 0 saturated heterocycles. The van der Waals surface area contributed by atoms with E-state index in [2.05, 4.69) is 22.9 Å².